The summed E-state index contributed by atoms with van der Waals surface area (Å²) >= 11 is 0. The van der Waals surface area contributed by atoms with Gasteiger partial charge in [-0.25, -0.2) is 0 Å². The Morgan fingerprint density at radius 1 is 1.40 bits per heavy atom. The van der Waals surface area contributed by atoms with Crippen molar-refractivity contribution < 1.29 is 4.79 Å². The molecule has 0 unspecified atom stereocenters. The standard InChI is InChI=1S/C8H7O.H3N/c1-7(9)8-5-3-2-4-6-8;/h3-6H,1H3;1H3. The summed E-state index contributed by atoms with van der Waals surface area (Å²) in [7, 11) is 0. The topological polar surface area (TPSA) is 52.1 Å². The molecular weight excluding hydrogens is 126 g/mol. The molecule has 0 atom stereocenters. The molecule has 0 aliphatic heterocycles. The minimum absolute atomic E-state index is 0. The van der Waals surface area contributed by atoms with Crippen LogP contribution < -0.4 is 6.15 Å². The van der Waals surface area contributed by atoms with Crippen molar-refractivity contribution in [3.05, 3.63) is 35.9 Å². The van der Waals surface area contributed by atoms with E-state index in [2.05, 4.69) is 6.07 Å². The van der Waals surface area contributed by atoms with Crippen LogP contribution in [0.1, 0.15) is 17.3 Å². The lowest BCUT2D eigenvalue weighted by Gasteiger charge is -1.89. The van der Waals surface area contributed by atoms with Gasteiger partial charge in [0.15, 0.2) is 5.78 Å². The molecule has 0 heterocycles. The van der Waals surface area contributed by atoms with E-state index in [4.69, 9.17) is 0 Å². The predicted molar refractivity (Wildman–Crippen MR) is 40.3 cm³/mol. The lowest BCUT2D eigenvalue weighted by Crippen LogP contribution is -1.88. The normalized spacial score (nSPS) is 8.10. The number of benzene rings is 1. The SMILES string of the molecule is CC(=O)c1cc[c]cc1.N. The largest absolute Gasteiger partial charge is 0.344 e. The van der Waals surface area contributed by atoms with Crippen LogP contribution in [-0.4, -0.2) is 5.78 Å². The first-order valence-electron chi connectivity index (χ1n) is 2.78. The highest BCUT2D eigenvalue weighted by Crippen LogP contribution is 1.97. The van der Waals surface area contributed by atoms with Crippen LogP contribution in [0.5, 0.6) is 0 Å². The van der Waals surface area contributed by atoms with Crippen molar-refractivity contribution in [2.24, 2.45) is 0 Å². The van der Waals surface area contributed by atoms with E-state index in [1.807, 2.05) is 0 Å². The fourth-order valence-corrected chi connectivity index (χ4v) is 0.622. The van der Waals surface area contributed by atoms with E-state index in [9.17, 15) is 4.79 Å². The fraction of sp³-hybridized carbons (Fsp3) is 0.125. The molecule has 1 aromatic rings. The molecule has 1 aromatic carbocycles. The Morgan fingerprint density at radius 2 is 1.90 bits per heavy atom. The Bertz CT molecular complexity index is 206. The third kappa shape index (κ3) is 1.99. The quantitative estimate of drug-likeness (QED) is 0.599. The van der Waals surface area contributed by atoms with E-state index in [1.165, 1.54) is 0 Å². The lowest BCUT2D eigenvalue weighted by atomic mass is 10.2. The van der Waals surface area contributed by atoms with Crippen LogP contribution in [0.25, 0.3) is 0 Å². The molecule has 2 nitrogen and oxygen atoms in total. The molecule has 0 amide bonds. The van der Waals surface area contributed by atoms with Crippen molar-refractivity contribution >= 4 is 5.78 Å². The van der Waals surface area contributed by atoms with Crippen LogP contribution in [0.2, 0.25) is 0 Å². The third-order valence-corrected chi connectivity index (χ3v) is 1.12. The molecule has 0 bridgehead atoms. The molecule has 0 saturated heterocycles. The van der Waals surface area contributed by atoms with Gasteiger partial charge in [-0.1, -0.05) is 24.3 Å². The second kappa shape index (κ2) is 3.80. The second-order valence-corrected chi connectivity index (χ2v) is 1.84. The molecule has 1 rings (SSSR count). The molecule has 0 aliphatic carbocycles. The van der Waals surface area contributed by atoms with E-state index in [0.29, 0.717) is 0 Å². The zero-order valence-electron chi connectivity index (χ0n) is 5.92. The predicted octanol–water partition coefficient (Wildman–Crippen LogP) is 1.85. The second-order valence-electron chi connectivity index (χ2n) is 1.84. The van der Waals surface area contributed by atoms with Crippen molar-refractivity contribution in [2.45, 2.75) is 6.92 Å². The third-order valence-electron chi connectivity index (χ3n) is 1.12. The maximum atomic E-state index is 10.6. The maximum Gasteiger partial charge on any atom is 0.159 e. The number of carbonyl (C=O) groups excluding carboxylic acids is 1. The highest BCUT2D eigenvalue weighted by Gasteiger charge is 1.92. The molecule has 1 radical (unpaired) electrons. The van der Waals surface area contributed by atoms with Crippen molar-refractivity contribution in [2.75, 3.05) is 0 Å². The number of ketones is 1. The lowest BCUT2D eigenvalue weighted by molar-refractivity contribution is 0.101. The highest BCUT2D eigenvalue weighted by molar-refractivity contribution is 5.93. The van der Waals surface area contributed by atoms with Crippen LogP contribution >= 0.6 is 0 Å². The molecule has 0 aliphatic rings. The fourth-order valence-electron chi connectivity index (χ4n) is 0.622. The summed E-state index contributed by atoms with van der Waals surface area (Å²) in [6, 6.07) is 9.81. The van der Waals surface area contributed by atoms with Gasteiger partial charge in [-0.15, -0.1) is 0 Å². The Hall–Kier alpha value is -1.15. The summed E-state index contributed by atoms with van der Waals surface area (Å²) in [5.74, 6) is 0.101. The van der Waals surface area contributed by atoms with Crippen LogP contribution in [0.3, 0.4) is 0 Å². The average Bonchev–Trinajstić information content (AvgIpc) is 1.90. The van der Waals surface area contributed by atoms with E-state index in [-0.39, 0.29) is 11.9 Å². The van der Waals surface area contributed by atoms with Gasteiger partial charge in [-0.2, -0.15) is 0 Å². The Kier molecular flexibility index (Phi) is 3.36. The smallest absolute Gasteiger partial charge is 0.159 e. The molecule has 0 fully saturated rings. The zero-order chi connectivity index (χ0) is 6.69. The van der Waals surface area contributed by atoms with Gasteiger partial charge in [0.05, 0.1) is 0 Å². The first kappa shape index (κ1) is 8.85. The molecule has 3 N–H and O–H groups in total. The van der Waals surface area contributed by atoms with Gasteiger partial charge < -0.3 is 6.15 Å². The van der Waals surface area contributed by atoms with Gasteiger partial charge in [0, 0.05) is 5.56 Å². The molecule has 10 heavy (non-hydrogen) atoms. The number of carbonyl (C=O) groups is 1. The molecule has 0 spiro atoms. The van der Waals surface area contributed by atoms with Crippen LogP contribution in [0, 0.1) is 6.07 Å². The van der Waals surface area contributed by atoms with Crippen molar-refractivity contribution in [3.63, 3.8) is 0 Å². The Morgan fingerprint density at radius 3 is 2.20 bits per heavy atom. The van der Waals surface area contributed by atoms with E-state index >= 15 is 0 Å². The zero-order valence-corrected chi connectivity index (χ0v) is 5.92. The summed E-state index contributed by atoms with van der Waals surface area (Å²) in [5, 5.41) is 0. The summed E-state index contributed by atoms with van der Waals surface area (Å²) in [4.78, 5) is 10.6. The van der Waals surface area contributed by atoms with Gasteiger partial charge in [-0.3, -0.25) is 4.79 Å². The minimum atomic E-state index is 0. The number of hydrogen-bond acceptors (Lipinski definition) is 2. The van der Waals surface area contributed by atoms with Gasteiger partial charge in [0.1, 0.15) is 0 Å². The minimum Gasteiger partial charge on any atom is -0.344 e. The van der Waals surface area contributed by atoms with Crippen molar-refractivity contribution in [1.82, 2.24) is 6.15 Å². The van der Waals surface area contributed by atoms with Gasteiger partial charge >= 0.3 is 0 Å². The summed E-state index contributed by atoms with van der Waals surface area (Å²) in [6.07, 6.45) is 0. The van der Waals surface area contributed by atoms with E-state index < -0.39 is 0 Å². The molecule has 0 aromatic heterocycles. The average molecular weight is 136 g/mol. The number of Topliss-reactive ketones (excluding diaryl/α,β-unsaturated/α-hetero) is 1. The van der Waals surface area contributed by atoms with Gasteiger partial charge in [0.2, 0.25) is 0 Å². The molecular formula is C8H10NO. The Labute approximate surface area is 60.5 Å². The summed E-state index contributed by atoms with van der Waals surface area (Å²) < 4.78 is 0. The maximum absolute atomic E-state index is 10.6. The summed E-state index contributed by atoms with van der Waals surface area (Å²) in [6.45, 7) is 1.55. The highest BCUT2D eigenvalue weighted by atomic mass is 16.1. The first-order chi connectivity index (χ1) is 4.30. The van der Waals surface area contributed by atoms with Crippen LogP contribution in [-0.2, 0) is 0 Å². The number of hydrogen-bond donors (Lipinski definition) is 1. The molecule has 0 saturated carbocycles. The van der Waals surface area contributed by atoms with E-state index in [0.717, 1.165) is 5.56 Å². The van der Waals surface area contributed by atoms with Gasteiger partial charge in [-0.05, 0) is 13.0 Å². The number of rotatable bonds is 1. The van der Waals surface area contributed by atoms with E-state index in [1.54, 1.807) is 31.2 Å². The monoisotopic (exact) mass is 136 g/mol. The Balaban J connectivity index is 0.000000810. The van der Waals surface area contributed by atoms with Crippen molar-refractivity contribution in [3.8, 4) is 0 Å². The van der Waals surface area contributed by atoms with Crippen LogP contribution in [0.15, 0.2) is 24.3 Å². The molecule has 53 valence electrons. The van der Waals surface area contributed by atoms with Crippen molar-refractivity contribution in [1.29, 1.82) is 0 Å². The first-order valence-corrected chi connectivity index (χ1v) is 2.78. The van der Waals surface area contributed by atoms with Crippen LogP contribution in [0.4, 0.5) is 0 Å². The molecule has 2 heteroatoms. The summed E-state index contributed by atoms with van der Waals surface area (Å²) in [5.41, 5.74) is 0.744. The van der Waals surface area contributed by atoms with Gasteiger partial charge in [0.25, 0.3) is 0 Å².